The van der Waals surface area contributed by atoms with Gasteiger partial charge in [-0.1, -0.05) is 19.8 Å². The second-order valence-corrected chi connectivity index (χ2v) is 7.38. The smallest absolute Gasteiger partial charge is 0.110 e. The number of aromatic nitrogens is 1. The molecule has 0 radical (unpaired) electrons. The minimum Gasteiger partial charge on any atom is -0.291 e. The molecular formula is C16H25ClN2S. The van der Waals surface area contributed by atoms with Crippen LogP contribution in [0.1, 0.15) is 68.6 Å². The van der Waals surface area contributed by atoms with Crippen LogP contribution in [0.15, 0.2) is 5.38 Å². The maximum absolute atomic E-state index is 5.92. The lowest BCUT2D eigenvalue weighted by Gasteiger charge is -2.47. The molecule has 1 aromatic heterocycles. The maximum atomic E-state index is 5.92. The minimum absolute atomic E-state index is 0.517. The average molecular weight is 313 g/mol. The number of rotatable bonds is 4. The van der Waals surface area contributed by atoms with Crippen molar-refractivity contribution >= 4 is 22.9 Å². The Balaban J connectivity index is 1.80. The fraction of sp³-hybridized carbons (Fsp3) is 0.812. The summed E-state index contributed by atoms with van der Waals surface area (Å²) >= 11 is 7.72. The van der Waals surface area contributed by atoms with E-state index >= 15 is 0 Å². The highest BCUT2D eigenvalue weighted by molar-refractivity contribution is 7.09. The highest BCUT2D eigenvalue weighted by Crippen LogP contribution is 2.40. The first-order valence-electron chi connectivity index (χ1n) is 8.09. The van der Waals surface area contributed by atoms with Gasteiger partial charge in [0.05, 0.1) is 17.6 Å². The van der Waals surface area contributed by atoms with Crippen LogP contribution < -0.4 is 0 Å². The molecule has 0 spiro atoms. The molecule has 2 aliphatic rings. The van der Waals surface area contributed by atoms with Gasteiger partial charge in [0.1, 0.15) is 5.01 Å². The molecule has 1 unspecified atom stereocenters. The molecule has 1 aliphatic carbocycles. The zero-order valence-corrected chi connectivity index (χ0v) is 13.9. The summed E-state index contributed by atoms with van der Waals surface area (Å²) < 4.78 is 0. The van der Waals surface area contributed by atoms with E-state index in [0.29, 0.717) is 11.9 Å². The highest BCUT2D eigenvalue weighted by Gasteiger charge is 2.37. The molecule has 2 heterocycles. The lowest BCUT2D eigenvalue weighted by atomic mass is 9.77. The molecule has 3 atom stereocenters. The fourth-order valence-electron chi connectivity index (χ4n) is 4.14. The van der Waals surface area contributed by atoms with Crippen LogP contribution in [-0.4, -0.2) is 22.5 Å². The van der Waals surface area contributed by atoms with E-state index in [-0.39, 0.29) is 0 Å². The van der Waals surface area contributed by atoms with E-state index < -0.39 is 0 Å². The van der Waals surface area contributed by atoms with Crippen molar-refractivity contribution < 1.29 is 0 Å². The number of hydrogen-bond donors (Lipinski definition) is 0. The van der Waals surface area contributed by atoms with Crippen LogP contribution in [0.4, 0.5) is 0 Å². The molecule has 0 aromatic carbocycles. The molecule has 3 rings (SSSR count). The predicted octanol–water partition coefficient (Wildman–Crippen LogP) is 4.99. The van der Waals surface area contributed by atoms with Crippen LogP contribution in [0.5, 0.6) is 0 Å². The zero-order valence-electron chi connectivity index (χ0n) is 12.4. The summed E-state index contributed by atoms with van der Waals surface area (Å²) in [5.74, 6) is 1.48. The van der Waals surface area contributed by atoms with Crippen LogP contribution in [0.2, 0.25) is 0 Å². The first kappa shape index (κ1) is 14.8. The molecule has 1 aliphatic heterocycles. The van der Waals surface area contributed by atoms with Crippen molar-refractivity contribution in [2.24, 2.45) is 5.92 Å². The van der Waals surface area contributed by atoms with Gasteiger partial charge in [-0.05, 0) is 44.6 Å². The first-order valence-corrected chi connectivity index (χ1v) is 9.51. The maximum Gasteiger partial charge on any atom is 0.110 e. The summed E-state index contributed by atoms with van der Waals surface area (Å²) in [6.45, 7) is 3.56. The molecule has 4 heteroatoms. The van der Waals surface area contributed by atoms with Gasteiger partial charge in [-0.3, -0.25) is 4.90 Å². The SMILES string of the molecule is CCC(c1nc(CCl)cs1)N1CCC[C@H]2CCCC[C@H]21. The Morgan fingerprint density at radius 2 is 2.15 bits per heavy atom. The monoisotopic (exact) mass is 312 g/mol. The second-order valence-electron chi connectivity index (χ2n) is 6.23. The van der Waals surface area contributed by atoms with Gasteiger partial charge >= 0.3 is 0 Å². The number of alkyl halides is 1. The van der Waals surface area contributed by atoms with Gasteiger partial charge in [0, 0.05) is 11.4 Å². The normalized spacial score (nSPS) is 29.1. The fourth-order valence-corrected chi connectivity index (χ4v) is 5.39. The van der Waals surface area contributed by atoms with E-state index in [2.05, 4.69) is 17.2 Å². The van der Waals surface area contributed by atoms with Gasteiger partial charge < -0.3 is 0 Å². The molecule has 1 aromatic rings. The third-order valence-corrected chi connectivity index (χ3v) is 6.33. The summed E-state index contributed by atoms with van der Waals surface area (Å²) in [6, 6.07) is 1.33. The van der Waals surface area contributed by atoms with Crippen LogP contribution in [0.25, 0.3) is 0 Å². The summed E-state index contributed by atoms with van der Waals surface area (Å²) in [5, 5.41) is 3.42. The largest absolute Gasteiger partial charge is 0.291 e. The Kier molecular flexibility index (Phi) is 5.00. The van der Waals surface area contributed by atoms with E-state index in [4.69, 9.17) is 16.6 Å². The zero-order chi connectivity index (χ0) is 13.9. The molecule has 0 bridgehead atoms. The van der Waals surface area contributed by atoms with Crippen LogP contribution in [0, 0.1) is 5.92 Å². The van der Waals surface area contributed by atoms with Gasteiger partial charge in [0.2, 0.25) is 0 Å². The van der Waals surface area contributed by atoms with Gasteiger partial charge in [0.25, 0.3) is 0 Å². The summed E-state index contributed by atoms with van der Waals surface area (Å²) in [6.07, 6.45) is 9.68. The van der Waals surface area contributed by atoms with Gasteiger partial charge in [0.15, 0.2) is 0 Å². The molecule has 20 heavy (non-hydrogen) atoms. The minimum atomic E-state index is 0.517. The quantitative estimate of drug-likeness (QED) is 0.728. The topological polar surface area (TPSA) is 16.1 Å². The summed E-state index contributed by atoms with van der Waals surface area (Å²) in [7, 11) is 0. The van der Waals surface area contributed by atoms with Gasteiger partial charge in [-0.25, -0.2) is 4.98 Å². The Hall–Kier alpha value is -0.120. The molecule has 0 amide bonds. The number of nitrogens with zero attached hydrogens (tertiary/aromatic N) is 2. The van der Waals surface area contributed by atoms with Gasteiger partial charge in [-0.2, -0.15) is 0 Å². The third-order valence-electron chi connectivity index (χ3n) is 5.06. The van der Waals surface area contributed by atoms with E-state index in [1.165, 1.54) is 56.5 Å². The average Bonchev–Trinajstić information content (AvgIpc) is 2.97. The third kappa shape index (κ3) is 2.90. The van der Waals surface area contributed by atoms with Crippen molar-refractivity contribution in [3.63, 3.8) is 0 Å². The first-order chi connectivity index (χ1) is 9.83. The van der Waals surface area contributed by atoms with E-state index in [1.54, 1.807) is 11.3 Å². The van der Waals surface area contributed by atoms with Gasteiger partial charge in [-0.15, -0.1) is 22.9 Å². The number of thiazole rings is 1. The molecule has 2 nitrogen and oxygen atoms in total. The lowest BCUT2D eigenvalue weighted by molar-refractivity contribution is 0.0233. The summed E-state index contributed by atoms with van der Waals surface area (Å²) in [4.78, 5) is 7.54. The Bertz CT molecular complexity index is 432. The molecular weight excluding hydrogens is 288 g/mol. The predicted molar refractivity (Wildman–Crippen MR) is 86.4 cm³/mol. The van der Waals surface area contributed by atoms with Crippen LogP contribution in [0.3, 0.4) is 0 Å². The molecule has 112 valence electrons. The number of fused-ring (bicyclic) bond motifs is 1. The number of likely N-dealkylation sites (tertiary alicyclic amines) is 1. The van der Waals surface area contributed by atoms with Crippen molar-refractivity contribution in [3.05, 3.63) is 16.1 Å². The van der Waals surface area contributed by atoms with E-state index in [9.17, 15) is 0 Å². The Morgan fingerprint density at radius 1 is 1.35 bits per heavy atom. The number of piperidine rings is 1. The highest BCUT2D eigenvalue weighted by atomic mass is 35.5. The second kappa shape index (κ2) is 6.76. The van der Waals surface area contributed by atoms with Crippen molar-refractivity contribution in [1.82, 2.24) is 9.88 Å². The lowest BCUT2D eigenvalue weighted by Crippen LogP contribution is -2.48. The Labute approximate surface area is 131 Å². The molecule has 2 fully saturated rings. The number of halogens is 1. The standard InChI is InChI=1S/C16H25ClN2S/c1-2-14(16-18-13(10-17)11-20-16)19-9-5-7-12-6-3-4-8-15(12)19/h11-12,14-15H,2-10H2,1H3/t12-,14?,15-/m1/s1. The van der Waals surface area contributed by atoms with E-state index in [1.807, 2.05) is 0 Å². The van der Waals surface area contributed by atoms with Crippen molar-refractivity contribution in [2.45, 2.75) is 69.8 Å². The van der Waals surface area contributed by atoms with E-state index in [0.717, 1.165) is 17.7 Å². The van der Waals surface area contributed by atoms with Crippen molar-refractivity contribution in [1.29, 1.82) is 0 Å². The number of hydrogen-bond acceptors (Lipinski definition) is 3. The molecule has 1 saturated heterocycles. The van der Waals surface area contributed by atoms with Crippen LogP contribution in [-0.2, 0) is 5.88 Å². The molecule has 1 saturated carbocycles. The summed E-state index contributed by atoms with van der Waals surface area (Å²) in [5.41, 5.74) is 1.04. The van der Waals surface area contributed by atoms with Crippen LogP contribution >= 0.6 is 22.9 Å². The van der Waals surface area contributed by atoms with Crippen molar-refractivity contribution in [3.8, 4) is 0 Å². The molecule has 0 N–H and O–H groups in total. The van der Waals surface area contributed by atoms with Crippen molar-refractivity contribution in [2.75, 3.05) is 6.54 Å². The Morgan fingerprint density at radius 3 is 2.90 bits per heavy atom.